The van der Waals surface area contributed by atoms with E-state index >= 15 is 0 Å². The molecule has 0 bridgehead atoms. The molecule has 166 valence electrons. The number of hydrogen-bond donors (Lipinski definition) is 2. The molecular weight excluding hydrogens is 398 g/mol. The number of halogens is 1. The fourth-order valence-electron chi connectivity index (χ4n) is 5.39. The van der Waals surface area contributed by atoms with Crippen LogP contribution in [0.3, 0.4) is 0 Å². The zero-order valence-corrected chi connectivity index (χ0v) is 20.5. The Balaban J connectivity index is 1.45. The molecule has 1 aliphatic carbocycles. The molecule has 2 N–H and O–H groups in total. The van der Waals surface area contributed by atoms with E-state index in [9.17, 15) is 0 Å². The first-order valence-electron chi connectivity index (χ1n) is 11.7. The van der Waals surface area contributed by atoms with Gasteiger partial charge in [-0.3, -0.25) is 0 Å². The Morgan fingerprint density at radius 2 is 2.21 bits per heavy atom. The molecule has 4 atom stereocenters. The molecule has 0 amide bonds. The molecular formula is C24H42ClN3S. The number of nitrogens with one attached hydrogen (secondary N) is 2. The van der Waals surface area contributed by atoms with Crippen LogP contribution in [0.15, 0.2) is 23.3 Å². The molecule has 2 heterocycles. The largest absolute Gasteiger partial charge is 0.312 e. The average Bonchev–Trinajstić information content (AvgIpc) is 3.18. The van der Waals surface area contributed by atoms with Crippen LogP contribution in [-0.4, -0.2) is 54.8 Å². The second kappa shape index (κ2) is 11.0. The van der Waals surface area contributed by atoms with Gasteiger partial charge in [-0.05, 0) is 68.0 Å². The number of piperidine rings is 1. The van der Waals surface area contributed by atoms with Gasteiger partial charge in [-0.15, -0.1) is 11.8 Å². The second-order valence-electron chi connectivity index (χ2n) is 10.3. The lowest BCUT2D eigenvalue weighted by Gasteiger charge is -2.48. The molecule has 2 aliphatic heterocycles. The molecule has 29 heavy (non-hydrogen) atoms. The number of nitrogens with zero attached hydrogens (tertiary/aromatic N) is 1. The average molecular weight is 440 g/mol. The molecule has 0 aromatic heterocycles. The second-order valence-corrected chi connectivity index (χ2v) is 11.8. The van der Waals surface area contributed by atoms with E-state index in [0.717, 1.165) is 35.8 Å². The van der Waals surface area contributed by atoms with Crippen LogP contribution in [0.25, 0.3) is 0 Å². The van der Waals surface area contributed by atoms with Crippen LogP contribution in [0, 0.1) is 23.2 Å². The van der Waals surface area contributed by atoms with Gasteiger partial charge in [-0.1, -0.05) is 51.4 Å². The van der Waals surface area contributed by atoms with Gasteiger partial charge in [-0.2, -0.15) is 0 Å². The third kappa shape index (κ3) is 7.00. The van der Waals surface area contributed by atoms with Crippen LogP contribution >= 0.6 is 23.4 Å². The summed E-state index contributed by atoms with van der Waals surface area (Å²) in [4.78, 5) is 2.72. The molecule has 2 unspecified atom stereocenters. The summed E-state index contributed by atoms with van der Waals surface area (Å²) in [6.45, 7) is 14.4. The molecule has 3 aliphatic rings. The highest BCUT2D eigenvalue weighted by molar-refractivity contribution is 7.99. The van der Waals surface area contributed by atoms with Crippen molar-refractivity contribution in [3.8, 4) is 0 Å². The maximum Gasteiger partial charge on any atom is 0.0420 e. The molecule has 0 radical (unpaired) electrons. The fourth-order valence-corrected chi connectivity index (χ4v) is 6.59. The van der Waals surface area contributed by atoms with Crippen LogP contribution in [0.2, 0.25) is 0 Å². The summed E-state index contributed by atoms with van der Waals surface area (Å²) >= 11 is 8.18. The minimum absolute atomic E-state index is 0.345. The van der Waals surface area contributed by atoms with E-state index in [0.29, 0.717) is 23.3 Å². The van der Waals surface area contributed by atoms with Gasteiger partial charge in [0.1, 0.15) is 0 Å². The molecule has 2 fully saturated rings. The Hall–Kier alpha value is -0.0000000000000000763. The molecule has 3 nitrogen and oxygen atoms in total. The Labute approximate surface area is 188 Å². The van der Waals surface area contributed by atoms with Gasteiger partial charge in [-0.25, -0.2) is 0 Å². The van der Waals surface area contributed by atoms with E-state index < -0.39 is 0 Å². The lowest BCUT2D eigenvalue weighted by Crippen LogP contribution is -2.52. The summed E-state index contributed by atoms with van der Waals surface area (Å²) < 4.78 is 0. The number of thioether (sulfide) groups is 1. The van der Waals surface area contributed by atoms with Crippen LogP contribution in [0.5, 0.6) is 0 Å². The van der Waals surface area contributed by atoms with E-state index in [1.54, 1.807) is 0 Å². The topological polar surface area (TPSA) is 27.3 Å². The summed E-state index contributed by atoms with van der Waals surface area (Å²) in [5.41, 5.74) is 0.345. The van der Waals surface area contributed by atoms with Crippen LogP contribution in [0.1, 0.15) is 53.4 Å². The zero-order valence-electron chi connectivity index (χ0n) is 18.9. The Kier molecular flexibility index (Phi) is 9.01. The van der Waals surface area contributed by atoms with E-state index in [4.69, 9.17) is 11.6 Å². The van der Waals surface area contributed by atoms with Gasteiger partial charge in [0.2, 0.25) is 0 Å². The zero-order chi connectivity index (χ0) is 20.9. The summed E-state index contributed by atoms with van der Waals surface area (Å²) in [5, 5.41) is 8.38. The first kappa shape index (κ1) is 23.7. The smallest absolute Gasteiger partial charge is 0.0420 e. The van der Waals surface area contributed by atoms with Gasteiger partial charge in [0.15, 0.2) is 0 Å². The normalized spacial score (nSPS) is 31.2. The minimum Gasteiger partial charge on any atom is -0.312 e. The lowest BCUT2D eigenvalue weighted by atomic mass is 9.66. The van der Waals surface area contributed by atoms with Crippen molar-refractivity contribution in [3.05, 3.63) is 23.3 Å². The minimum atomic E-state index is 0.345. The molecule has 0 spiro atoms. The summed E-state index contributed by atoms with van der Waals surface area (Å²) in [6, 6.07) is 1.32. The van der Waals surface area contributed by atoms with Gasteiger partial charge in [0, 0.05) is 41.8 Å². The first-order chi connectivity index (χ1) is 13.8. The number of hydrogen-bond acceptors (Lipinski definition) is 4. The van der Waals surface area contributed by atoms with E-state index in [1.165, 1.54) is 44.6 Å². The number of likely N-dealkylation sites (tertiary alicyclic amines) is 1. The Bertz CT molecular complexity index is 568. The SMILES string of the molecule is CC(C)[C@H](CN1CC[C@H](C2C=CC(Cl)=CC2)C(C)(C)C1)NCCCC1CSCN1. The van der Waals surface area contributed by atoms with Crippen LogP contribution < -0.4 is 10.6 Å². The van der Waals surface area contributed by atoms with Crippen molar-refractivity contribution in [3.63, 3.8) is 0 Å². The standard InChI is InChI=1S/C24H42ClN3S/c1-18(2)23(26-12-5-6-21-15-29-17-27-21)14-28-13-11-22(24(3,4)16-28)19-7-9-20(25)10-8-19/h7,9-10,18-19,21-23,26-27H,5-6,8,11-17H2,1-4H3/t19?,21?,22-,23+/m1/s1. The highest BCUT2D eigenvalue weighted by atomic mass is 35.5. The summed E-state index contributed by atoms with van der Waals surface area (Å²) in [5.74, 6) is 4.49. The van der Waals surface area contributed by atoms with Crippen molar-refractivity contribution in [1.29, 1.82) is 0 Å². The highest BCUT2D eigenvalue weighted by Gasteiger charge is 2.40. The highest BCUT2D eigenvalue weighted by Crippen LogP contribution is 2.43. The van der Waals surface area contributed by atoms with Crippen molar-refractivity contribution in [1.82, 2.24) is 15.5 Å². The molecule has 0 saturated carbocycles. The van der Waals surface area contributed by atoms with Crippen molar-refractivity contribution >= 4 is 23.4 Å². The third-order valence-corrected chi connectivity index (χ3v) is 8.47. The van der Waals surface area contributed by atoms with Crippen molar-refractivity contribution in [2.24, 2.45) is 23.2 Å². The molecule has 2 saturated heterocycles. The van der Waals surface area contributed by atoms with E-state index in [-0.39, 0.29) is 0 Å². The molecule has 3 rings (SSSR count). The Morgan fingerprint density at radius 3 is 2.83 bits per heavy atom. The third-order valence-electron chi connectivity index (χ3n) is 7.18. The van der Waals surface area contributed by atoms with Crippen molar-refractivity contribution in [2.75, 3.05) is 37.8 Å². The summed E-state index contributed by atoms with van der Waals surface area (Å²) in [6.07, 6.45) is 11.7. The summed E-state index contributed by atoms with van der Waals surface area (Å²) in [7, 11) is 0. The first-order valence-corrected chi connectivity index (χ1v) is 13.2. The number of rotatable bonds is 9. The predicted molar refractivity (Wildman–Crippen MR) is 130 cm³/mol. The molecule has 0 aromatic rings. The van der Waals surface area contributed by atoms with Gasteiger partial charge >= 0.3 is 0 Å². The van der Waals surface area contributed by atoms with Crippen LogP contribution in [0.4, 0.5) is 0 Å². The van der Waals surface area contributed by atoms with Gasteiger partial charge < -0.3 is 15.5 Å². The van der Waals surface area contributed by atoms with Gasteiger partial charge in [0.05, 0.1) is 0 Å². The molecule has 0 aromatic carbocycles. The number of allylic oxidation sites excluding steroid dienone is 4. The lowest BCUT2D eigenvalue weighted by molar-refractivity contribution is 0.0252. The van der Waals surface area contributed by atoms with Crippen molar-refractivity contribution in [2.45, 2.75) is 65.5 Å². The van der Waals surface area contributed by atoms with E-state index in [1.807, 2.05) is 11.8 Å². The van der Waals surface area contributed by atoms with Crippen LogP contribution in [-0.2, 0) is 0 Å². The quantitative estimate of drug-likeness (QED) is 0.489. The Morgan fingerprint density at radius 1 is 1.38 bits per heavy atom. The maximum absolute atomic E-state index is 6.15. The van der Waals surface area contributed by atoms with E-state index in [2.05, 4.69) is 61.5 Å². The molecule has 5 heteroatoms. The fraction of sp³-hybridized carbons (Fsp3) is 0.833. The monoisotopic (exact) mass is 439 g/mol. The predicted octanol–water partition coefficient (Wildman–Crippen LogP) is 5.09. The maximum atomic E-state index is 6.15. The van der Waals surface area contributed by atoms with Gasteiger partial charge in [0.25, 0.3) is 0 Å². The van der Waals surface area contributed by atoms with Crippen molar-refractivity contribution < 1.29 is 0 Å².